The lowest BCUT2D eigenvalue weighted by Crippen LogP contribution is -2.43. The average Bonchev–Trinajstić information content (AvgIpc) is 2.83. The molecule has 1 aromatic rings. The van der Waals surface area contributed by atoms with Crippen LogP contribution in [0.25, 0.3) is 0 Å². The molecule has 1 aromatic heterocycles. The molecule has 0 bridgehead atoms. The van der Waals surface area contributed by atoms with E-state index in [1.54, 1.807) is 0 Å². The van der Waals surface area contributed by atoms with Crippen molar-refractivity contribution in [1.82, 2.24) is 15.1 Å². The molecule has 1 fully saturated rings. The number of hydrogen-bond donors (Lipinski definition) is 2. The summed E-state index contributed by atoms with van der Waals surface area (Å²) >= 11 is 0. The van der Waals surface area contributed by atoms with Crippen molar-refractivity contribution in [3.05, 3.63) is 18.5 Å². The monoisotopic (exact) mass is 222 g/mol. The van der Waals surface area contributed by atoms with Gasteiger partial charge in [-0.2, -0.15) is 5.10 Å². The summed E-state index contributed by atoms with van der Waals surface area (Å²) in [6, 6.07) is 2.58. The molecule has 3 N–H and O–H groups in total. The molecule has 1 heterocycles. The Bertz CT molecular complexity index is 283. The van der Waals surface area contributed by atoms with Crippen molar-refractivity contribution in [3.63, 3.8) is 0 Å². The van der Waals surface area contributed by atoms with E-state index < -0.39 is 0 Å². The molecule has 2 atom stereocenters. The number of nitrogens with two attached hydrogens (primary N) is 1. The third-order valence-electron chi connectivity index (χ3n) is 3.52. The summed E-state index contributed by atoms with van der Waals surface area (Å²) in [5.41, 5.74) is 5.80. The van der Waals surface area contributed by atoms with Crippen LogP contribution in [0.4, 0.5) is 0 Å². The molecule has 16 heavy (non-hydrogen) atoms. The van der Waals surface area contributed by atoms with Gasteiger partial charge in [-0.05, 0) is 31.4 Å². The Morgan fingerprint density at radius 3 is 3.00 bits per heavy atom. The third-order valence-corrected chi connectivity index (χ3v) is 3.52. The topological polar surface area (TPSA) is 55.9 Å². The Hall–Kier alpha value is -0.870. The van der Waals surface area contributed by atoms with Gasteiger partial charge in [-0.15, -0.1) is 0 Å². The molecule has 0 spiro atoms. The minimum Gasteiger partial charge on any atom is -0.330 e. The Morgan fingerprint density at radius 2 is 2.25 bits per heavy atom. The number of nitrogens with one attached hydrogen (secondary N) is 1. The van der Waals surface area contributed by atoms with Crippen molar-refractivity contribution in [2.75, 3.05) is 13.1 Å². The van der Waals surface area contributed by atoms with Crippen molar-refractivity contribution in [2.24, 2.45) is 11.7 Å². The zero-order chi connectivity index (χ0) is 11.2. The van der Waals surface area contributed by atoms with E-state index in [4.69, 9.17) is 5.73 Å². The highest BCUT2D eigenvalue weighted by atomic mass is 15.3. The van der Waals surface area contributed by atoms with Crippen molar-refractivity contribution in [2.45, 2.75) is 38.3 Å². The number of hydrogen-bond acceptors (Lipinski definition) is 3. The second-order valence-electron chi connectivity index (χ2n) is 4.61. The maximum atomic E-state index is 5.80. The minimum absolute atomic E-state index is 0.620. The van der Waals surface area contributed by atoms with E-state index in [0.29, 0.717) is 12.0 Å². The van der Waals surface area contributed by atoms with Gasteiger partial charge < -0.3 is 11.1 Å². The van der Waals surface area contributed by atoms with E-state index in [1.807, 2.05) is 23.1 Å². The first-order valence-electron chi connectivity index (χ1n) is 6.31. The molecular formula is C12H22N4. The predicted molar refractivity (Wildman–Crippen MR) is 65.0 cm³/mol. The Labute approximate surface area is 97.2 Å². The molecule has 90 valence electrons. The van der Waals surface area contributed by atoms with Gasteiger partial charge in [0.05, 0.1) is 6.54 Å². The molecule has 0 aromatic carbocycles. The van der Waals surface area contributed by atoms with Gasteiger partial charge in [0, 0.05) is 25.0 Å². The molecule has 4 heteroatoms. The van der Waals surface area contributed by atoms with Crippen LogP contribution in [0.3, 0.4) is 0 Å². The van der Waals surface area contributed by atoms with E-state index in [0.717, 1.165) is 19.6 Å². The van der Waals surface area contributed by atoms with Crippen LogP contribution in [-0.4, -0.2) is 28.9 Å². The molecule has 0 amide bonds. The summed E-state index contributed by atoms with van der Waals surface area (Å²) in [5.74, 6) is 0.673. The summed E-state index contributed by atoms with van der Waals surface area (Å²) < 4.78 is 1.97. The molecule has 0 saturated heterocycles. The fraction of sp³-hybridized carbons (Fsp3) is 0.750. The molecule has 0 aliphatic heterocycles. The molecule has 1 saturated carbocycles. The summed E-state index contributed by atoms with van der Waals surface area (Å²) in [4.78, 5) is 0. The summed E-state index contributed by atoms with van der Waals surface area (Å²) in [6.45, 7) is 2.75. The highest BCUT2D eigenvalue weighted by molar-refractivity contribution is 4.82. The van der Waals surface area contributed by atoms with Crippen LogP contribution >= 0.6 is 0 Å². The minimum atomic E-state index is 0.620. The smallest absolute Gasteiger partial charge is 0.0534 e. The van der Waals surface area contributed by atoms with E-state index in [-0.39, 0.29) is 0 Å². The molecular weight excluding hydrogens is 200 g/mol. The number of nitrogens with zero attached hydrogens (tertiary/aromatic N) is 2. The lowest BCUT2D eigenvalue weighted by Gasteiger charge is -2.31. The van der Waals surface area contributed by atoms with Gasteiger partial charge in [0.15, 0.2) is 0 Å². The SMILES string of the molecule is NCC1CCCCC1NCCn1cccn1. The lowest BCUT2D eigenvalue weighted by atomic mass is 9.84. The van der Waals surface area contributed by atoms with Crippen LogP contribution in [0, 0.1) is 5.92 Å². The molecule has 2 rings (SSSR count). The first kappa shape index (κ1) is 11.6. The van der Waals surface area contributed by atoms with E-state index in [1.165, 1.54) is 25.7 Å². The zero-order valence-corrected chi connectivity index (χ0v) is 9.81. The normalized spacial score (nSPS) is 25.8. The quantitative estimate of drug-likeness (QED) is 0.781. The zero-order valence-electron chi connectivity index (χ0n) is 9.81. The van der Waals surface area contributed by atoms with Gasteiger partial charge >= 0.3 is 0 Å². The standard InChI is InChI=1S/C12H22N4/c13-10-11-4-1-2-5-12(11)14-7-9-16-8-3-6-15-16/h3,6,8,11-12,14H,1-2,4-5,7,9-10,13H2. The molecule has 2 unspecified atom stereocenters. The Balaban J connectivity index is 1.71. The summed E-state index contributed by atoms with van der Waals surface area (Å²) in [7, 11) is 0. The van der Waals surface area contributed by atoms with Crippen molar-refractivity contribution in [1.29, 1.82) is 0 Å². The van der Waals surface area contributed by atoms with Gasteiger partial charge in [-0.25, -0.2) is 0 Å². The van der Waals surface area contributed by atoms with Crippen LogP contribution in [-0.2, 0) is 6.54 Å². The van der Waals surface area contributed by atoms with Crippen LogP contribution in [0.15, 0.2) is 18.5 Å². The van der Waals surface area contributed by atoms with Crippen LogP contribution < -0.4 is 11.1 Å². The average molecular weight is 222 g/mol. The maximum absolute atomic E-state index is 5.80. The first-order chi connectivity index (χ1) is 7.90. The van der Waals surface area contributed by atoms with Gasteiger partial charge in [0.1, 0.15) is 0 Å². The first-order valence-corrected chi connectivity index (χ1v) is 6.31. The van der Waals surface area contributed by atoms with Gasteiger partial charge in [0.2, 0.25) is 0 Å². The Morgan fingerprint density at radius 1 is 1.38 bits per heavy atom. The molecule has 1 aliphatic carbocycles. The Kier molecular flexibility index (Phi) is 4.36. The van der Waals surface area contributed by atoms with Gasteiger partial charge in [0.25, 0.3) is 0 Å². The molecule has 1 aliphatic rings. The predicted octanol–water partition coefficient (Wildman–Crippen LogP) is 0.990. The van der Waals surface area contributed by atoms with Crippen LogP contribution in [0.5, 0.6) is 0 Å². The summed E-state index contributed by atoms with van der Waals surface area (Å²) in [5, 5.41) is 7.81. The van der Waals surface area contributed by atoms with E-state index in [2.05, 4.69) is 10.4 Å². The number of rotatable bonds is 5. The van der Waals surface area contributed by atoms with E-state index >= 15 is 0 Å². The van der Waals surface area contributed by atoms with Gasteiger partial charge in [-0.1, -0.05) is 12.8 Å². The highest BCUT2D eigenvalue weighted by Gasteiger charge is 2.22. The van der Waals surface area contributed by atoms with Crippen molar-refractivity contribution >= 4 is 0 Å². The van der Waals surface area contributed by atoms with Crippen molar-refractivity contribution in [3.8, 4) is 0 Å². The number of aromatic nitrogens is 2. The third kappa shape index (κ3) is 3.06. The van der Waals surface area contributed by atoms with E-state index in [9.17, 15) is 0 Å². The maximum Gasteiger partial charge on any atom is 0.0534 e. The van der Waals surface area contributed by atoms with Crippen molar-refractivity contribution < 1.29 is 0 Å². The highest BCUT2D eigenvalue weighted by Crippen LogP contribution is 2.23. The fourth-order valence-corrected chi connectivity index (χ4v) is 2.56. The van der Waals surface area contributed by atoms with Gasteiger partial charge in [-0.3, -0.25) is 4.68 Å². The molecule has 4 nitrogen and oxygen atoms in total. The summed E-state index contributed by atoms with van der Waals surface area (Å²) in [6.07, 6.45) is 9.08. The van der Waals surface area contributed by atoms with Crippen LogP contribution in [0.1, 0.15) is 25.7 Å². The largest absolute Gasteiger partial charge is 0.330 e. The molecule has 0 radical (unpaired) electrons. The van der Waals surface area contributed by atoms with Crippen LogP contribution in [0.2, 0.25) is 0 Å². The second kappa shape index (κ2) is 6.01. The fourth-order valence-electron chi connectivity index (χ4n) is 2.56. The lowest BCUT2D eigenvalue weighted by molar-refractivity contribution is 0.265. The second-order valence-corrected chi connectivity index (χ2v) is 4.61.